The van der Waals surface area contributed by atoms with Crippen LogP contribution in [0.25, 0.3) is 0 Å². The van der Waals surface area contributed by atoms with Gasteiger partial charge in [0.2, 0.25) is 0 Å². The molecule has 0 saturated carbocycles. The van der Waals surface area contributed by atoms with Gasteiger partial charge in [0.1, 0.15) is 0 Å². The average Bonchev–Trinajstić information content (AvgIpc) is 2.46. The lowest BCUT2D eigenvalue weighted by molar-refractivity contribution is 0.0772. The standard InChI is InChI=1S/C16H23N3O2.ClH/c1-3-19(4-2)16(21)14-7-5-13(6-8-14)15(20)18-11-12-9-17-10-12;/h5-8,12,17H,3-4,9-11H2,1-2H3,(H,18,20);1H. The minimum atomic E-state index is -0.0799. The number of nitrogens with zero attached hydrogens (tertiary/aromatic N) is 1. The Balaban J connectivity index is 0.00000242. The lowest BCUT2D eigenvalue weighted by Crippen LogP contribution is -2.48. The zero-order valence-corrected chi connectivity index (χ0v) is 13.9. The third-order valence-corrected chi connectivity index (χ3v) is 3.86. The molecule has 1 aliphatic rings. The number of hydrogen-bond donors (Lipinski definition) is 2. The number of carbonyl (C=O) groups excluding carboxylic acids is 2. The van der Waals surface area contributed by atoms with Gasteiger partial charge in [-0.15, -0.1) is 12.4 Å². The monoisotopic (exact) mass is 325 g/mol. The van der Waals surface area contributed by atoms with E-state index in [2.05, 4.69) is 10.6 Å². The van der Waals surface area contributed by atoms with E-state index in [4.69, 9.17) is 0 Å². The molecular formula is C16H24ClN3O2. The molecule has 1 heterocycles. The van der Waals surface area contributed by atoms with E-state index < -0.39 is 0 Å². The molecule has 0 atom stereocenters. The van der Waals surface area contributed by atoms with Gasteiger partial charge in [-0.3, -0.25) is 9.59 Å². The predicted molar refractivity (Wildman–Crippen MR) is 89.6 cm³/mol. The number of nitrogens with one attached hydrogen (secondary N) is 2. The molecule has 122 valence electrons. The summed E-state index contributed by atoms with van der Waals surface area (Å²) in [4.78, 5) is 25.9. The quantitative estimate of drug-likeness (QED) is 0.834. The van der Waals surface area contributed by atoms with Crippen LogP contribution in [0.1, 0.15) is 34.6 Å². The Morgan fingerprint density at radius 2 is 1.68 bits per heavy atom. The Bertz CT molecular complexity index is 497. The van der Waals surface area contributed by atoms with Crippen LogP contribution in [0.3, 0.4) is 0 Å². The molecule has 6 heteroatoms. The van der Waals surface area contributed by atoms with Gasteiger partial charge in [-0.05, 0) is 38.1 Å². The molecule has 22 heavy (non-hydrogen) atoms. The van der Waals surface area contributed by atoms with Crippen molar-refractivity contribution in [1.82, 2.24) is 15.5 Å². The lowest BCUT2D eigenvalue weighted by atomic mass is 10.0. The Morgan fingerprint density at radius 3 is 2.14 bits per heavy atom. The summed E-state index contributed by atoms with van der Waals surface area (Å²) < 4.78 is 0. The highest BCUT2D eigenvalue weighted by Crippen LogP contribution is 2.08. The maximum atomic E-state index is 12.2. The van der Waals surface area contributed by atoms with E-state index in [9.17, 15) is 9.59 Å². The van der Waals surface area contributed by atoms with Crippen molar-refractivity contribution in [3.8, 4) is 0 Å². The van der Waals surface area contributed by atoms with Crippen molar-refractivity contribution in [1.29, 1.82) is 0 Å². The summed E-state index contributed by atoms with van der Waals surface area (Å²) in [7, 11) is 0. The van der Waals surface area contributed by atoms with E-state index >= 15 is 0 Å². The summed E-state index contributed by atoms with van der Waals surface area (Å²) in [5, 5.41) is 6.09. The molecule has 0 spiro atoms. The van der Waals surface area contributed by atoms with Crippen LogP contribution < -0.4 is 10.6 Å². The third kappa shape index (κ3) is 4.45. The fourth-order valence-electron chi connectivity index (χ4n) is 2.29. The number of hydrogen-bond acceptors (Lipinski definition) is 3. The number of carbonyl (C=O) groups is 2. The minimum absolute atomic E-state index is 0. The molecule has 5 nitrogen and oxygen atoms in total. The zero-order chi connectivity index (χ0) is 15.2. The van der Waals surface area contributed by atoms with Gasteiger partial charge in [0.05, 0.1) is 0 Å². The van der Waals surface area contributed by atoms with Gasteiger partial charge in [0.25, 0.3) is 11.8 Å². The molecule has 1 aliphatic heterocycles. The number of rotatable bonds is 6. The number of amides is 2. The van der Waals surface area contributed by atoms with E-state index in [-0.39, 0.29) is 24.2 Å². The molecule has 0 aromatic heterocycles. The maximum absolute atomic E-state index is 12.2. The average molecular weight is 326 g/mol. The zero-order valence-electron chi connectivity index (χ0n) is 13.1. The van der Waals surface area contributed by atoms with Crippen molar-refractivity contribution < 1.29 is 9.59 Å². The molecule has 0 unspecified atom stereocenters. The van der Waals surface area contributed by atoms with Gasteiger partial charge in [-0.25, -0.2) is 0 Å². The van der Waals surface area contributed by atoms with Crippen molar-refractivity contribution in [3.63, 3.8) is 0 Å². The summed E-state index contributed by atoms with van der Waals surface area (Å²) in [6.45, 7) is 7.93. The van der Waals surface area contributed by atoms with Crippen LogP contribution in [0.2, 0.25) is 0 Å². The SMILES string of the molecule is CCN(CC)C(=O)c1ccc(C(=O)NCC2CNC2)cc1.Cl. The fourth-order valence-corrected chi connectivity index (χ4v) is 2.29. The number of benzene rings is 1. The fraction of sp³-hybridized carbons (Fsp3) is 0.500. The molecule has 0 aliphatic carbocycles. The highest BCUT2D eigenvalue weighted by atomic mass is 35.5. The molecule has 1 aromatic carbocycles. The van der Waals surface area contributed by atoms with Gasteiger partial charge < -0.3 is 15.5 Å². The highest BCUT2D eigenvalue weighted by molar-refractivity contribution is 5.97. The first-order chi connectivity index (χ1) is 10.2. The van der Waals surface area contributed by atoms with E-state index in [1.165, 1.54) is 0 Å². The van der Waals surface area contributed by atoms with Crippen molar-refractivity contribution in [2.45, 2.75) is 13.8 Å². The smallest absolute Gasteiger partial charge is 0.253 e. The Hall–Kier alpha value is -1.59. The van der Waals surface area contributed by atoms with Crippen LogP contribution in [-0.2, 0) is 0 Å². The van der Waals surface area contributed by atoms with Crippen molar-refractivity contribution >= 4 is 24.2 Å². The normalized spacial score (nSPS) is 13.7. The third-order valence-electron chi connectivity index (χ3n) is 3.86. The topological polar surface area (TPSA) is 61.4 Å². The molecule has 2 N–H and O–H groups in total. The van der Waals surface area contributed by atoms with Crippen LogP contribution >= 0.6 is 12.4 Å². The summed E-state index contributed by atoms with van der Waals surface area (Å²) >= 11 is 0. The molecule has 1 fully saturated rings. The lowest BCUT2D eigenvalue weighted by Gasteiger charge is -2.27. The molecule has 0 bridgehead atoms. The van der Waals surface area contributed by atoms with Crippen LogP contribution in [0.4, 0.5) is 0 Å². The van der Waals surface area contributed by atoms with Crippen LogP contribution in [-0.4, -0.2) is 49.4 Å². The second-order valence-corrected chi connectivity index (χ2v) is 5.29. The van der Waals surface area contributed by atoms with E-state index in [0.717, 1.165) is 13.1 Å². The largest absolute Gasteiger partial charge is 0.352 e. The first kappa shape index (κ1) is 18.5. The van der Waals surface area contributed by atoms with Crippen LogP contribution in [0.5, 0.6) is 0 Å². The van der Waals surface area contributed by atoms with Crippen molar-refractivity contribution in [3.05, 3.63) is 35.4 Å². The second kappa shape index (κ2) is 8.76. The van der Waals surface area contributed by atoms with Crippen molar-refractivity contribution in [2.75, 3.05) is 32.7 Å². The summed E-state index contributed by atoms with van der Waals surface area (Å²) in [5.41, 5.74) is 1.22. The highest BCUT2D eigenvalue weighted by Gasteiger charge is 2.18. The van der Waals surface area contributed by atoms with Crippen molar-refractivity contribution in [2.24, 2.45) is 5.92 Å². The van der Waals surface area contributed by atoms with Gasteiger partial charge >= 0.3 is 0 Å². The second-order valence-electron chi connectivity index (χ2n) is 5.29. The van der Waals surface area contributed by atoms with Crippen LogP contribution in [0.15, 0.2) is 24.3 Å². The van der Waals surface area contributed by atoms with E-state index in [1.54, 1.807) is 29.2 Å². The molecule has 2 amide bonds. The number of halogens is 1. The predicted octanol–water partition coefficient (Wildman–Crippen LogP) is 1.54. The summed E-state index contributed by atoms with van der Waals surface area (Å²) in [6.07, 6.45) is 0. The Kier molecular flexibility index (Phi) is 7.35. The molecular weight excluding hydrogens is 302 g/mol. The minimum Gasteiger partial charge on any atom is -0.352 e. The molecule has 2 rings (SSSR count). The van der Waals surface area contributed by atoms with Gasteiger partial charge in [0, 0.05) is 49.8 Å². The summed E-state index contributed by atoms with van der Waals surface area (Å²) in [6, 6.07) is 6.87. The van der Waals surface area contributed by atoms with Gasteiger partial charge in [-0.2, -0.15) is 0 Å². The van der Waals surface area contributed by atoms with E-state index in [0.29, 0.717) is 36.7 Å². The van der Waals surface area contributed by atoms with Crippen LogP contribution in [0, 0.1) is 5.92 Å². The Labute approximate surface area is 137 Å². The molecule has 1 aromatic rings. The molecule has 0 radical (unpaired) electrons. The van der Waals surface area contributed by atoms with Gasteiger partial charge in [-0.1, -0.05) is 0 Å². The summed E-state index contributed by atoms with van der Waals surface area (Å²) in [5.74, 6) is 0.466. The van der Waals surface area contributed by atoms with E-state index in [1.807, 2.05) is 13.8 Å². The first-order valence-electron chi connectivity index (χ1n) is 7.54. The Morgan fingerprint density at radius 1 is 1.14 bits per heavy atom. The first-order valence-corrected chi connectivity index (χ1v) is 7.54. The maximum Gasteiger partial charge on any atom is 0.253 e. The van der Waals surface area contributed by atoms with Gasteiger partial charge in [0.15, 0.2) is 0 Å². The molecule has 1 saturated heterocycles.